The predicted octanol–water partition coefficient (Wildman–Crippen LogP) is 2.52. The quantitative estimate of drug-likeness (QED) is 0.513. The summed E-state index contributed by atoms with van der Waals surface area (Å²) in [4.78, 5) is -0.821. The van der Waals surface area contributed by atoms with E-state index in [0.717, 1.165) is 0 Å². The number of phenolic OH excluding ortho intramolecular Hbond substituents is 1. The molecule has 0 aliphatic carbocycles. The van der Waals surface area contributed by atoms with Gasteiger partial charge in [0.2, 0.25) is 0 Å². The molecule has 2 nitrogen and oxygen atoms in total. The predicted molar refractivity (Wildman–Crippen MR) is 53.4 cm³/mol. The number of rotatable bonds is 0. The second-order valence-corrected chi connectivity index (χ2v) is 4.10. The zero-order valence-corrected chi connectivity index (χ0v) is 8.27. The van der Waals surface area contributed by atoms with Gasteiger partial charge in [-0.1, -0.05) is 17.7 Å². The van der Waals surface area contributed by atoms with Crippen molar-refractivity contribution >= 4 is 17.7 Å². The molecule has 0 radical (unpaired) electrons. The molecule has 0 amide bonds. The number of fused-ring (bicyclic) bond motifs is 1. The van der Waals surface area contributed by atoms with Crippen molar-refractivity contribution in [3.63, 3.8) is 0 Å². The van der Waals surface area contributed by atoms with Crippen molar-refractivity contribution in [3.05, 3.63) is 35.3 Å². The first kappa shape index (κ1) is 9.34. The van der Waals surface area contributed by atoms with Gasteiger partial charge in [0.05, 0.1) is 0 Å². The largest absolute Gasteiger partial charge is 0.505 e. The van der Waals surface area contributed by atoms with Crippen LogP contribution >= 0.6 is 11.6 Å². The van der Waals surface area contributed by atoms with Crippen LogP contribution in [0.3, 0.4) is 0 Å². The molecule has 0 saturated heterocycles. The topological polar surface area (TPSA) is 32.3 Å². The molecule has 0 fully saturated rings. The molecule has 1 aliphatic heterocycles. The molecule has 14 heavy (non-hydrogen) atoms. The van der Waals surface area contributed by atoms with E-state index in [4.69, 9.17) is 11.6 Å². The number of nitrogens with one attached hydrogen (secondary N) is 1. The van der Waals surface area contributed by atoms with Crippen LogP contribution in [0.4, 0.5) is 4.39 Å². The normalized spacial score (nSPS) is 24.2. The van der Waals surface area contributed by atoms with E-state index in [-0.39, 0.29) is 5.75 Å². The number of hydrogen-bond acceptors (Lipinski definition) is 2. The van der Waals surface area contributed by atoms with Crippen LogP contribution in [-0.2, 0) is 5.00 Å². The molecule has 1 atom stereocenters. The van der Waals surface area contributed by atoms with Crippen LogP contribution < -0.4 is 5.32 Å². The number of alkyl halides is 1. The van der Waals surface area contributed by atoms with Gasteiger partial charge in [-0.15, -0.1) is 0 Å². The molecule has 1 aromatic rings. The van der Waals surface area contributed by atoms with Crippen molar-refractivity contribution in [2.75, 3.05) is 0 Å². The van der Waals surface area contributed by atoms with Gasteiger partial charge < -0.3 is 10.4 Å². The van der Waals surface area contributed by atoms with Crippen LogP contribution in [0.2, 0.25) is 0 Å². The average Bonchev–Trinajstić information content (AvgIpc) is 2.11. The van der Waals surface area contributed by atoms with Crippen LogP contribution in [0.1, 0.15) is 18.1 Å². The Morgan fingerprint density at radius 2 is 2.21 bits per heavy atom. The first-order valence-electron chi connectivity index (χ1n) is 4.17. The third-order valence-electron chi connectivity index (χ3n) is 2.27. The Morgan fingerprint density at radius 1 is 1.50 bits per heavy atom. The first-order valence-corrected chi connectivity index (χ1v) is 4.55. The van der Waals surface area contributed by atoms with E-state index in [1.165, 1.54) is 6.07 Å². The van der Waals surface area contributed by atoms with Crippen molar-refractivity contribution in [3.8, 4) is 5.75 Å². The molecule has 2 N–H and O–H groups in total. The highest BCUT2D eigenvalue weighted by Gasteiger charge is 2.29. The lowest BCUT2D eigenvalue weighted by Crippen LogP contribution is -2.33. The number of phenols is 1. The molecule has 0 bridgehead atoms. The van der Waals surface area contributed by atoms with E-state index < -0.39 is 10.8 Å². The van der Waals surface area contributed by atoms with Crippen LogP contribution in [0.15, 0.2) is 18.3 Å². The number of halogens is 2. The standard InChI is InChI=1S/C10H9ClFNO/c1-10(11)7-2-3-8(14)9(12)6(7)4-5-13-10/h2-5,13-14H,1H3/t10-/m1/s1. The maximum Gasteiger partial charge on any atom is 0.172 e. The van der Waals surface area contributed by atoms with Gasteiger partial charge in [0, 0.05) is 11.1 Å². The highest BCUT2D eigenvalue weighted by Crippen LogP contribution is 2.36. The Labute approximate surface area is 86.0 Å². The number of hydrogen-bond donors (Lipinski definition) is 2. The maximum atomic E-state index is 13.4. The van der Waals surface area contributed by atoms with Gasteiger partial charge in [-0.05, 0) is 25.3 Å². The molecular formula is C10H9ClFNO. The fourth-order valence-electron chi connectivity index (χ4n) is 1.51. The third kappa shape index (κ3) is 1.24. The summed E-state index contributed by atoms with van der Waals surface area (Å²) in [6, 6.07) is 2.91. The molecule has 1 aromatic carbocycles. The van der Waals surface area contributed by atoms with Crippen LogP contribution in [0, 0.1) is 5.82 Å². The smallest absolute Gasteiger partial charge is 0.172 e. The molecule has 1 heterocycles. The highest BCUT2D eigenvalue weighted by atomic mass is 35.5. The zero-order valence-electron chi connectivity index (χ0n) is 7.51. The Hall–Kier alpha value is -1.22. The molecule has 0 saturated carbocycles. The Balaban J connectivity index is 2.70. The van der Waals surface area contributed by atoms with E-state index in [1.54, 1.807) is 25.3 Å². The summed E-state index contributed by atoms with van der Waals surface area (Å²) in [5.74, 6) is -0.991. The first-order chi connectivity index (χ1) is 6.52. The molecule has 74 valence electrons. The summed E-state index contributed by atoms with van der Waals surface area (Å²) in [7, 11) is 0. The van der Waals surface area contributed by atoms with Gasteiger partial charge in [0.1, 0.15) is 5.00 Å². The van der Waals surface area contributed by atoms with Gasteiger partial charge in [0.25, 0.3) is 0 Å². The van der Waals surface area contributed by atoms with E-state index in [2.05, 4.69) is 5.32 Å². The van der Waals surface area contributed by atoms with E-state index in [0.29, 0.717) is 11.1 Å². The number of aromatic hydroxyl groups is 1. The minimum absolute atomic E-state index is 0.334. The second-order valence-electron chi connectivity index (χ2n) is 3.34. The van der Waals surface area contributed by atoms with Crippen molar-refractivity contribution in [1.29, 1.82) is 0 Å². The zero-order chi connectivity index (χ0) is 10.3. The third-order valence-corrected chi connectivity index (χ3v) is 2.58. The maximum absolute atomic E-state index is 13.4. The molecule has 2 rings (SSSR count). The summed E-state index contributed by atoms with van der Waals surface area (Å²) < 4.78 is 13.4. The summed E-state index contributed by atoms with van der Waals surface area (Å²) in [5, 5.41) is 12.1. The van der Waals surface area contributed by atoms with Crippen molar-refractivity contribution in [2.24, 2.45) is 0 Å². The molecule has 1 aliphatic rings. The van der Waals surface area contributed by atoms with E-state index in [1.807, 2.05) is 0 Å². The Morgan fingerprint density at radius 3 is 2.93 bits per heavy atom. The Kier molecular flexibility index (Phi) is 1.93. The van der Waals surface area contributed by atoms with Gasteiger partial charge in [0.15, 0.2) is 11.6 Å². The lowest BCUT2D eigenvalue weighted by atomic mass is 9.97. The minimum Gasteiger partial charge on any atom is -0.505 e. The monoisotopic (exact) mass is 213 g/mol. The van der Waals surface area contributed by atoms with Crippen LogP contribution in [-0.4, -0.2) is 5.11 Å². The lowest BCUT2D eigenvalue weighted by molar-refractivity contribution is 0.429. The van der Waals surface area contributed by atoms with E-state index >= 15 is 0 Å². The fraction of sp³-hybridized carbons (Fsp3) is 0.200. The van der Waals surface area contributed by atoms with E-state index in [9.17, 15) is 9.50 Å². The molecule has 4 heteroatoms. The summed E-state index contributed by atoms with van der Waals surface area (Å²) >= 11 is 6.12. The van der Waals surface area contributed by atoms with Crippen LogP contribution in [0.5, 0.6) is 5.75 Å². The SMILES string of the molecule is C[C@@]1(Cl)NC=Cc2c1ccc(O)c2F. The van der Waals surface area contributed by atoms with Gasteiger partial charge in [-0.3, -0.25) is 0 Å². The summed E-state index contributed by atoms with van der Waals surface area (Å²) in [6.45, 7) is 1.73. The molecule has 0 spiro atoms. The molecule has 0 unspecified atom stereocenters. The van der Waals surface area contributed by atoms with Crippen LogP contribution in [0.25, 0.3) is 6.08 Å². The molecular weight excluding hydrogens is 205 g/mol. The summed E-state index contributed by atoms with van der Waals surface area (Å²) in [5.41, 5.74) is 0.957. The Bertz CT molecular complexity index is 415. The minimum atomic E-state index is -0.821. The van der Waals surface area contributed by atoms with Gasteiger partial charge in [-0.2, -0.15) is 0 Å². The fourth-order valence-corrected chi connectivity index (χ4v) is 1.74. The van der Waals surface area contributed by atoms with Crippen molar-refractivity contribution in [1.82, 2.24) is 5.32 Å². The highest BCUT2D eigenvalue weighted by molar-refractivity contribution is 6.24. The molecule has 0 aromatic heterocycles. The number of benzene rings is 1. The lowest BCUT2D eigenvalue weighted by Gasteiger charge is -2.28. The van der Waals surface area contributed by atoms with Crippen molar-refractivity contribution in [2.45, 2.75) is 11.9 Å². The average molecular weight is 214 g/mol. The second kappa shape index (κ2) is 2.89. The van der Waals surface area contributed by atoms with Gasteiger partial charge in [-0.25, -0.2) is 4.39 Å². The van der Waals surface area contributed by atoms with Crippen molar-refractivity contribution < 1.29 is 9.50 Å². The van der Waals surface area contributed by atoms with Gasteiger partial charge >= 0.3 is 0 Å². The summed E-state index contributed by atoms with van der Waals surface area (Å²) in [6.07, 6.45) is 3.12.